The van der Waals surface area contributed by atoms with Crippen molar-refractivity contribution in [2.45, 2.75) is 33.1 Å². The van der Waals surface area contributed by atoms with Crippen LogP contribution in [0, 0.1) is 11.8 Å². The molecule has 1 N–H and O–H groups in total. The van der Waals surface area contributed by atoms with Crippen LogP contribution in [-0.2, 0) is 14.3 Å². The van der Waals surface area contributed by atoms with Crippen molar-refractivity contribution in [3.05, 3.63) is 71.3 Å². The number of benzene rings is 2. The first-order valence-electron chi connectivity index (χ1n) is 11.1. The third-order valence-corrected chi connectivity index (χ3v) is 6.01. The highest BCUT2D eigenvalue weighted by molar-refractivity contribution is 6.22. The maximum atomic E-state index is 13.0. The average Bonchev–Trinajstić information content (AvgIpc) is 3.07. The van der Waals surface area contributed by atoms with E-state index in [1.807, 2.05) is 19.9 Å². The number of amides is 3. The van der Waals surface area contributed by atoms with Gasteiger partial charge < -0.3 is 10.1 Å². The van der Waals surface area contributed by atoms with Crippen LogP contribution < -0.4 is 10.2 Å². The third kappa shape index (κ3) is 4.58. The molecular formula is C26H26N2O5. The first kappa shape index (κ1) is 22.5. The average molecular weight is 447 g/mol. The molecule has 2 aromatic carbocycles. The van der Waals surface area contributed by atoms with Crippen LogP contribution in [0.2, 0.25) is 0 Å². The largest absolute Gasteiger partial charge is 0.462 e. The summed E-state index contributed by atoms with van der Waals surface area (Å²) in [6.45, 7) is 4.25. The number of nitrogens with one attached hydrogen (secondary N) is 1. The maximum Gasteiger partial charge on any atom is 0.338 e. The van der Waals surface area contributed by atoms with Gasteiger partial charge in [-0.05, 0) is 68.7 Å². The molecule has 1 fully saturated rings. The summed E-state index contributed by atoms with van der Waals surface area (Å²) in [5.74, 6) is -1.87. The Labute approximate surface area is 192 Å². The molecular weight excluding hydrogens is 420 g/mol. The minimum absolute atomic E-state index is 0.208. The van der Waals surface area contributed by atoms with E-state index in [-0.39, 0.29) is 29.6 Å². The van der Waals surface area contributed by atoms with Crippen LogP contribution in [0.25, 0.3) is 0 Å². The lowest BCUT2D eigenvalue weighted by atomic mass is 9.82. The lowest BCUT2D eigenvalue weighted by Gasteiger charge is -2.18. The summed E-state index contributed by atoms with van der Waals surface area (Å²) < 4.78 is 5.10. The van der Waals surface area contributed by atoms with Crippen LogP contribution in [-0.4, -0.2) is 30.3 Å². The van der Waals surface area contributed by atoms with Gasteiger partial charge in [-0.2, -0.15) is 0 Å². The maximum absolute atomic E-state index is 13.0. The van der Waals surface area contributed by atoms with Gasteiger partial charge in [0, 0.05) is 11.3 Å². The van der Waals surface area contributed by atoms with E-state index in [0.29, 0.717) is 42.0 Å². The third-order valence-electron chi connectivity index (χ3n) is 6.01. The summed E-state index contributed by atoms with van der Waals surface area (Å²) in [7, 11) is 0. The number of esters is 1. The van der Waals surface area contributed by atoms with Crippen molar-refractivity contribution >= 4 is 35.1 Å². The Kier molecular flexibility index (Phi) is 6.40. The molecule has 3 amide bonds. The van der Waals surface area contributed by atoms with E-state index in [4.69, 9.17) is 4.74 Å². The van der Waals surface area contributed by atoms with Gasteiger partial charge in [0.15, 0.2) is 0 Å². The zero-order valence-corrected chi connectivity index (χ0v) is 18.7. The van der Waals surface area contributed by atoms with Crippen molar-refractivity contribution < 1.29 is 23.9 Å². The fourth-order valence-corrected chi connectivity index (χ4v) is 4.25. The molecule has 2 aliphatic rings. The molecule has 1 heterocycles. The molecule has 4 rings (SSSR count). The van der Waals surface area contributed by atoms with Crippen molar-refractivity contribution in [2.24, 2.45) is 11.8 Å². The molecule has 33 heavy (non-hydrogen) atoms. The number of carbonyl (C=O) groups excluding carboxylic acids is 4. The van der Waals surface area contributed by atoms with E-state index < -0.39 is 5.97 Å². The van der Waals surface area contributed by atoms with Crippen molar-refractivity contribution in [1.82, 2.24) is 0 Å². The second-order valence-corrected chi connectivity index (χ2v) is 8.43. The van der Waals surface area contributed by atoms with E-state index in [1.165, 1.54) is 4.90 Å². The Morgan fingerprint density at radius 2 is 1.76 bits per heavy atom. The molecule has 0 radical (unpaired) electrons. The molecule has 2 atom stereocenters. The van der Waals surface area contributed by atoms with Crippen LogP contribution in [0.3, 0.4) is 0 Å². The Morgan fingerprint density at radius 1 is 1.03 bits per heavy atom. The first-order valence-corrected chi connectivity index (χ1v) is 11.1. The SMILES string of the molecule is CCCOC(=O)c1ccc(NC(=O)c2cccc(N3C(=O)[C@@H]4CC=C(C)C[C@H]4C3=O)c2)cc1. The fraction of sp³-hybridized carbons (Fsp3) is 0.308. The number of fused-ring (bicyclic) bond motifs is 1. The van der Waals surface area contributed by atoms with Crippen molar-refractivity contribution in [1.29, 1.82) is 0 Å². The van der Waals surface area contributed by atoms with E-state index in [9.17, 15) is 19.2 Å². The van der Waals surface area contributed by atoms with Crippen LogP contribution >= 0.6 is 0 Å². The molecule has 170 valence electrons. The lowest BCUT2D eigenvalue weighted by Crippen LogP contribution is -2.31. The van der Waals surface area contributed by atoms with E-state index in [0.717, 1.165) is 12.0 Å². The highest BCUT2D eigenvalue weighted by Gasteiger charge is 2.48. The predicted molar refractivity (Wildman–Crippen MR) is 124 cm³/mol. The Balaban J connectivity index is 1.47. The summed E-state index contributed by atoms with van der Waals surface area (Å²) >= 11 is 0. The number of imide groups is 1. The number of carbonyl (C=O) groups is 4. The van der Waals surface area contributed by atoms with E-state index in [1.54, 1.807) is 48.5 Å². The molecule has 7 nitrogen and oxygen atoms in total. The molecule has 1 saturated heterocycles. The molecule has 1 aliphatic heterocycles. The Morgan fingerprint density at radius 3 is 2.48 bits per heavy atom. The number of rotatable bonds is 6. The van der Waals surface area contributed by atoms with Gasteiger partial charge in [-0.25, -0.2) is 4.79 Å². The monoisotopic (exact) mass is 446 g/mol. The Bertz CT molecular complexity index is 1140. The van der Waals surface area contributed by atoms with Gasteiger partial charge in [0.1, 0.15) is 0 Å². The number of hydrogen-bond acceptors (Lipinski definition) is 5. The predicted octanol–water partition coefficient (Wildman–Crippen LogP) is 4.35. The topological polar surface area (TPSA) is 92.8 Å². The van der Waals surface area contributed by atoms with E-state index in [2.05, 4.69) is 5.32 Å². The van der Waals surface area contributed by atoms with Gasteiger partial charge in [0.25, 0.3) is 5.91 Å². The molecule has 2 aromatic rings. The van der Waals surface area contributed by atoms with Crippen molar-refractivity contribution in [2.75, 3.05) is 16.8 Å². The minimum atomic E-state index is -0.409. The standard InChI is InChI=1S/C26H26N2O5/c1-3-13-33-26(32)17-8-10-19(11-9-17)27-23(29)18-5-4-6-20(15-18)28-24(30)21-12-7-16(2)14-22(21)25(28)31/h4-11,15,21-22H,3,12-14H2,1-2H3,(H,27,29)/t21-,22-/m1/s1. The first-order chi connectivity index (χ1) is 15.9. The van der Waals surface area contributed by atoms with E-state index >= 15 is 0 Å². The number of hydrogen-bond donors (Lipinski definition) is 1. The molecule has 0 saturated carbocycles. The van der Waals surface area contributed by atoms with Gasteiger partial charge in [0.05, 0.1) is 29.7 Å². The van der Waals surface area contributed by atoms with Gasteiger partial charge in [-0.1, -0.05) is 24.6 Å². The lowest BCUT2D eigenvalue weighted by molar-refractivity contribution is -0.122. The molecule has 7 heteroatoms. The summed E-state index contributed by atoms with van der Waals surface area (Å²) in [6, 6.07) is 12.9. The molecule has 0 spiro atoms. The van der Waals surface area contributed by atoms with Gasteiger partial charge in [0.2, 0.25) is 11.8 Å². The second kappa shape index (κ2) is 9.40. The Hall–Kier alpha value is -3.74. The number of ether oxygens (including phenoxy) is 1. The zero-order valence-electron chi connectivity index (χ0n) is 18.7. The van der Waals surface area contributed by atoms with Crippen LogP contribution in [0.4, 0.5) is 11.4 Å². The summed E-state index contributed by atoms with van der Waals surface area (Å²) in [5, 5.41) is 2.78. The number of allylic oxidation sites excluding steroid dienone is 2. The normalized spacial score (nSPS) is 19.7. The van der Waals surface area contributed by atoms with Gasteiger partial charge in [-0.15, -0.1) is 0 Å². The van der Waals surface area contributed by atoms with Crippen LogP contribution in [0.5, 0.6) is 0 Å². The summed E-state index contributed by atoms with van der Waals surface area (Å²) in [6.07, 6.45) is 3.92. The zero-order chi connectivity index (χ0) is 23.5. The van der Waals surface area contributed by atoms with Crippen LogP contribution in [0.1, 0.15) is 53.8 Å². The summed E-state index contributed by atoms with van der Waals surface area (Å²) in [5.41, 5.74) is 2.76. The molecule has 0 bridgehead atoms. The number of anilines is 2. The highest BCUT2D eigenvalue weighted by Crippen LogP contribution is 2.39. The minimum Gasteiger partial charge on any atom is -0.462 e. The van der Waals surface area contributed by atoms with Crippen molar-refractivity contribution in [3.63, 3.8) is 0 Å². The quantitative estimate of drug-likeness (QED) is 0.405. The highest BCUT2D eigenvalue weighted by atomic mass is 16.5. The van der Waals surface area contributed by atoms with Crippen LogP contribution in [0.15, 0.2) is 60.2 Å². The summed E-state index contributed by atoms with van der Waals surface area (Å²) in [4.78, 5) is 51.8. The molecule has 0 unspecified atom stereocenters. The van der Waals surface area contributed by atoms with Crippen molar-refractivity contribution in [3.8, 4) is 0 Å². The fourth-order valence-electron chi connectivity index (χ4n) is 4.25. The smallest absolute Gasteiger partial charge is 0.338 e. The number of nitrogens with zero attached hydrogens (tertiary/aromatic N) is 1. The molecule has 1 aliphatic carbocycles. The molecule has 0 aromatic heterocycles. The second-order valence-electron chi connectivity index (χ2n) is 8.43. The van der Waals surface area contributed by atoms with Gasteiger partial charge in [-0.3, -0.25) is 19.3 Å². The van der Waals surface area contributed by atoms with Gasteiger partial charge >= 0.3 is 5.97 Å².